The summed E-state index contributed by atoms with van der Waals surface area (Å²) in [5.41, 5.74) is 2.58. The van der Waals surface area contributed by atoms with Crippen LogP contribution in [0, 0.1) is 0 Å². The molecule has 2 aromatic heterocycles. The van der Waals surface area contributed by atoms with Crippen molar-refractivity contribution in [2.24, 2.45) is 0 Å². The van der Waals surface area contributed by atoms with Crippen LogP contribution in [0.4, 0.5) is 5.13 Å². The van der Waals surface area contributed by atoms with Gasteiger partial charge in [-0.1, -0.05) is 18.2 Å². The summed E-state index contributed by atoms with van der Waals surface area (Å²) in [6.45, 7) is 1.46. The Hall–Kier alpha value is -2.47. The molecule has 0 aliphatic carbocycles. The lowest BCUT2D eigenvalue weighted by Gasteiger charge is -2.01. The van der Waals surface area contributed by atoms with Crippen LogP contribution < -0.4 is 5.32 Å². The molecule has 0 aliphatic heterocycles. The maximum atomic E-state index is 12.0. The van der Waals surface area contributed by atoms with E-state index < -0.39 is 0 Å². The molecule has 0 spiro atoms. The topological polar surface area (TPSA) is 74.8 Å². The van der Waals surface area contributed by atoms with Crippen LogP contribution in [0.2, 0.25) is 0 Å². The van der Waals surface area contributed by atoms with Crippen LogP contribution in [0.15, 0.2) is 35.8 Å². The number of hydrogen-bond acceptors (Lipinski definition) is 4. The summed E-state index contributed by atoms with van der Waals surface area (Å²) >= 11 is 1.26. The third-order valence-corrected chi connectivity index (χ3v) is 4.17. The summed E-state index contributed by atoms with van der Waals surface area (Å²) in [4.78, 5) is 30.4. The van der Waals surface area contributed by atoms with Gasteiger partial charge in [-0.05, 0) is 18.1 Å². The second kappa shape index (κ2) is 6.11. The van der Waals surface area contributed by atoms with Crippen LogP contribution in [0.1, 0.15) is 29.4 Å². The highest BCUT2D eigenvalue weighted by atomic mass is 32.1. The lowest BCUT2D eigenvalue weighted by Crippen LogP contribution is -2.12. The minimum Gasteiger partial charge on any atom is -0.361 e. The number of thiazole rings is 1. The number of nitrogens with zero attached hydrogens (tertiary/aromatic N) is 1. The smallest absolute Gasteiger partial charge is 0.226 e. The maximum Gasteiger partial charge on any atom is 0.226 e. The van der Waals surface area contributed by atoms with Gasteiger partial charge in [0.25, 0.3) is 0 Å². The van der Waals surface area contributed by atoms with Crippen LogP contribution in [-0.2, 0) is 11.2 Å². The molecule has 0 radical (unpaired) electrons. The van der Waals surface area contributed by atoms with Crippen molar-refractivity contribution in [2.45, 2.75) is 19.8 Å². The average molecular weight is 313 g/mol. The quantitative estimate of drug-likeness (QED) is 0.709. The Morgan fingerprint density at radius 3 is 2.91 bits per heavy atom. The molecule has 3 rings (SSSR count). The Kier molecular flexibility index (Phi) is 4.02. The minimum atomic E-state index is -0.102. The van der Waals surface area contributed by atoms with Gasteiger partial charge >= 0.3 is 0 Å². The standard InChI is InChI=1S/C16H15N3O2S/c1-10(20)14-9-22-16(18-14)19-15(21)7-6-11-8-17-13-5-3-2-4-12(11)13/h2-5,8-9,17H,6-7H2,1H3,(H,18,19,21). The second-order valence-electron chi connectivity index (χ2n) is 5.00. The van der Waals surface area contributed by atoms with Crippen molar-refractivity contribution in [1.29, 1.82) is 0 Å². The minimum absolute atomic E-state index is 0.101. The normalized spacial score (nSPS) is 10.8. The number of H-pyrrole nitrogens is 1. The molecule has 0 fully saturated rings. The van der Waals surface area contributed by atoms with Gasteiger partial charge in [0.05, 0.1) is 0 Å². The highest BCUT2D eigenvalue weighted by molar-refractivity contribution is 7.14. The molecule has 1 amide bonds. The lowest BCUT2D eigenvalue weighted by molar-refractivity contribution is -0.116. The van der Waals surface area contributed by atoms with Gasteiger partial charge in [0, 0.05) is 35.8 Å². The molecule has 112 valence electrons. The van der Waals surface area contributed by atoms with Crippen LogP contribution >= 0.6 is 11.3 Å². The molecule has 0 saturated heterocycles. The number of anilines is 1. The van der Waals surface area contributed by atoms with E-state index in [0.717, 1.165) is 16.5 Å². The largest absolute Gasteiger partial charge is 0.361 e. The lowest BCUT2D eigenvalue weighted by atomic mass is 10.1. The first-order valence-corrected chi connectivity index (χ1v) is 7.83. The van der Waals surface area contributed by atoms with E-state index in [2.05, 4.69) is 15.3 Å². The number of fused-ring (bicyclic) bond motifs is 1. The van der Waals surface area contributed by atoms with Crippen LogP contribution in [0.25, 0.3) is 10.9 Å². The van der Waals surface area contributed by atoms with Crippen molar-refractivity contribution >= 4 is 39.1 Å². The van der Waals surface area contributed by atoms with Gasteiger partial charge in [0.15, 0.2) is 10.9 Å². The molecule has 0 saturated carbocycles. The highest BCUT2D eigenvalue weighted by Crippen LogP contribution is 2.20. The molecule has 0 atom stereocenters. The van der Waals surface area contributed by atoms with Crippen LogP contribution in [0.3, 0.4) is 0 Å². The number of benzene rings is 1. The predicted molar refractivity (Wildman–Crippen MR) is 87.4 cm³/mol. The number of hydrogen-bond donors (Lipinski definition) is 2. The van der Waals surface area contributed by atoms with Crippen molar-refractivity contribution in [3.63, 3.8) is 0 Å². The number of aromatic nitrogens is 2. The summed E-state index contributed by atoms with van der Waals surface area (Å²) in [6.07, 6.45) is 2.97. The Morgan fingerprint density at radius 1 is 1.32 bits per heavy atom. The summed E-state index contributed by atoms with van der Waals surface area (Å²) in [6, 6.07) is 8.01. The molecule has 3 aromatic rings. The van der Waals surface area contributed by atoms with Gasteiger partial charge in [0.1, 0.15) is 5.69 Å². The summed E-state index contributed by atoms with van der Waals surface area (Å²) in [5.74, 6) is -0.203. The van der Waals surface area contributed by atoms with E-state index in [1.165, 1.54) is 18.3 Å². The number of carbonyl (C=O) groups is 2. The Balaban J connectivity index is 1.61. The summed E-state index contributed by atoms with van der Waals surface area (Å²) < 4.78 is 0. The molecular weight excluding hydrogens is 298 g/mol. The van der Waals surface area contributed by atoms with Gasteiger partial charge in [-0.2, -0.15) is 0 Å². The number of Topliss-reactive ketones (excluding diaryl/α,β-unsaturated/α-hetero) is 1. The number of carbonyl (C=O) groups excluding carboxylic acids is 2. The average Bonchev–Trinajstić information content (AvgIpc) is 3.12. The van der Waals surface area contributed by atoms with Gasteiger partial charge in [0.2, 0.25) is 5.91 Å². The number of ketones is 1. The first kappa shape index (κ1) is 14.5. The Bertz CT molecular complexity index is 835. The molecule has 2 N–H and O–H groups in total. The van der Waals surface area contributed by atoms with Crippen molar-refractivity contribution in [2.75, 3.05) is 5.32 Å². The van der Waals surface area contributed by atoms with Gasteiger partial charge in [-0.15, -0.1) is 11.3 Å². The molecular formula is C16H15N3O2S. The number of aromatic amines is 1. The van der Waals surface area contributed by atoms with Crippen molar-refractivity contribution in [3.8, 4) is 0 Å². The van der Waals surface area contributed by atoms with E-state index in [-0.39, 0.29) is 11.7 Å². The fraction of sp³-hybridized carbons (Fsp3) is 0.188. The fourth-order valence-electron chi connectivity index (χ4n) is 2.26. The number of aryl methyl sites for hydroxylation is 1. The van der Waals surface area contributed by atoms with E-state index >= 15 is 0 Å². The molecule has 1 aromatic carbocycles. The van der Waals surface area contributed by atoms with Crippen molar-refractivity contribution in [1.82, 2.24) is 9.97 Å². The van der Waals surface area contributed by atoms with Crippen molar-refractivity contribution < 1.29 is 9.59 Å². The van der Waals surface area contributed by atoms with E-state index in [0.29, 0.717) is 23.7 Å². The predicted octanol–water partition coefficient (Wildman–Crippen LogP) is 3.40. The fourth-order valence-corrected chi connectivity index (χ4v) is 3.03. The molecule has 22 heavy (non-hydrogen) atoms. The third kappa shape index (κ3) is 3.07. The summed E-state index contributed by atoms with van der Waals surface area (Å²) in [7, 11) is 0. The second-order valence-corrected chi connectivity index (χ2v) is 5.86. The molecule has 2 heterocycles. The van der Waals surface area contributed by atoms with E-state index in [4.69, 9.17) is 0 Å². The monoisotopic (exact) mass is 313 g/mol. The first-order valence-electron chi connectivity index (χ1n) is 6.95. The number of nitrogens with one attached hydrogen (secondary N) is 2. The van der Waals surface area contributed by atoms with Crippen molar-refractivity contribution in [3.05, 3.63) is 47.1 Å². The zero-order valence-corrected chi connectivity index (χ0v) is 12.9. The molecule has 5 nitrogen and oxygen atoms in total. The molecule has 6 heteroatoms. The molecule has 0 bridgehead atoms. The molecule has 0 unspecified atom stereocenters. The maximum absolute atomic E-state index is 12.0. The molecule has 0 aliphatic rings. The van der Waals surface area contributed by atoms with Crippen LogP contribution in [-0.4, -0.2) is 21.7 Å². The van der Waals surface area contributed by atoms with E-state index in [1.807, 2.05) is 30.5 Å². The van der Waals surface area contributed by atoms with E-state index in [9.17, 15) is 9.59 Å². The third-order valence-electron chi connectivity index (χ3n) is 3.41. The SMILES string of the molecule is CC(=O)c1csc(NC(=O)CCc2c[nH]c3ccccc23)n1. The van der Waals surface area contributed by atoms with Crippen LogP contribution in [0.5, 0.6) is 0 Å². The number of amides is 1. The highest BCUT2D eigenvalue weighted by Gasteiger charge is 2.10. The van der Waals surface area contributed by atoms with Gasteiger partial charge in [-0.25, -0.2) is 4.98 Å². The zero-order valence-electron chi connectivity index (χ0n) is 12.1. The van der Waals surface area contributed by atoms with E-state index in [1.54, 1.807) is 5.38 Å². The van der Waals surface area contributed by atoms with Gasteiger partial charge < -0.3 is 10.3 Å². The Labute approximate surface area is 131 Å². The number of rotatable bonds is 5. The summed E-state index contributed by atoms with van der Waals surface area (Å²) in [5, 5.41) is 5.99. The first-order chi connectivity index (χ1) is 10.6. The zero-order chi connectivity index (χ0) is 15.5. The van der Waals surface area contributed by atoms with Gasteiger partial charge in [-0.3, -0.25) is 9.59 Å². The number of para-hydroxylation sites is 1. The Morgan fingerprint density at radius 2 is 2.14 bits per heavy atom.